The monoisotopic (exact) mass is 356 g/mol. The van der Waals surface area contributed by atoms with Crippen molar-refractivity contribution in [3.63, 3.8) is 0 Å². The van der Waals surface area contributed by atoms with Crippen LogP contribution in [0.2, 0.25) is 5.02 Å². The number of amides is 1. The van der Waals surface area contributed by atoms with Crippen molar-refractivity contribution < 1.29 is 4.79 Å². The fourth-order valence-corrected chi connectivity index (χ4v) is 3.28. The molecule has 1 aliphatic heterocycles. The Hall–Kier alpha value is -2.51. The van der Waals surface area contributed by atoms with Crippen LogP contribution in [0.3, 0.4) is 0 Å². The van der Waals surface area contributed by atoms with Crippen LogP contribution in [0.15, 0.2) is 36.5 Å². The molecule has 1 aliphatic rings. The zero-order chi connectivity index (χ0) is 17.4. The minimum Gasteiger partial charge on any atom is -0.326 e. The SMILES string of the molecule is Cc1ccnc2nc(C(=O)N3CCNCC3c3cccc(Cl)c3)nn12. The molecule has 1 atom stereocenters. The molecule has 128 valence electrons. The third-order valence-electron chi connectivity index (χ3n) is 4.36. The summed E-state index contributed by atoms with van der Waals surface area (Å²) >= 11 is 6.12. The molecule has 1 amide bonds. The molecule has 0 radical (unpaired) electrons. The summed E-state index contributed by atoms with van der Waals surface area (Å²) in [6, 6.07) is 9.31. The van der Waals surface area contributed by atoms with Gasteiger partial charge in [0.05, 0.1) is 6.04 Å². The van der Waals surface area contributed by atoms with E-state index < -0.39 is 0 Å². The predicted molar refractivity (Wildman–Crippen MR) is 93.6 cm³/mol. The Morgan fingerprint density at radius 2 is 2.24 bits per heavy atom. The maximum Gasteiger partial charge on any atom is 0.294 e. The van der Waals surface area contributed by atoms with Crippen molar-refractivity contribution in [2.24, 2.45) is 0 Å². The van der Waals surface area contributed by atoms with E-state index in [-0.39, 0.29) is 17.8 Å². The lowest BCUT2D eigenvalue weighted by Crippen LogP contribution is -2.49. The highest BCUT2D eigenvalue weighted by Crippen LogP contribution is 2.25. The summed E-state index contributed by atoms with van der Waals surface area (Å²) in [5, 5.41) is 8.32. The number of carbonyl (C=O) groups is 1. The predicted octanol–water partition coefficient (Wildman–Crippen LogP) is 1.87. The molecule has 0 spiro atoms. The maximum atomic E-state index is 13.0. The Bertz CT molecular complexity index is 940. The lowest BCUT2D eigenvalue weighted by atomic mass is 10.0. The van der Waals surface area contributed by atoms with E-state index in [9.17, 15) is 4.79 Å². The smallest absolute Gasteiger partial charge is 0.294 e. The van der Waals surface area contributed by atoms with Gasteiger partial charge < -0.3 is 10.2 Å². The van der Waals surface area contributed by atoms with Crippen LogP contribution >= 0.6 is 11.6 Å². The number of hydrogen-bond donors (Lipinski definition) is 1. The van der Waals surface area contributed by atoms with Crippen molar-refractivity contribution in [3.05, 3.63) is 58.6 Å². The van der Waals surface area contributed by atoms with Crippen molar-refractivity contribution in [2.45, 2.75) is 13.0 Å². The Labute approximate surface area is 149 Å². The number of piperazine rings is 1. The van der Waals surface area contributed by atoms with E-state index in [1.165, 1.54) is 0 Å². The van der Waals surface area contributed by atoms with Crippen molar-refractivity contribution in [1.29, 1.82) is 0 Å². The quantitative estimate of drug-likeness (QED) is 0.758. The standard InChI is InChI=1S/C17H17ClN6O/c1-11-5-6-20-17-21-15(22-24(11)17)16(25)23-8-7-19-10-14(23)12-3-2-4-13(18)9-12/h2-6,9,14,19H,7-8,10H2,1H3. The van der Waals surface area contributed by atoms with Gasteiger partial charge in [-0.25, -0.2) is 9.50 Å². The summed E-state index contributed by atoms with van der Waals surface area (Å²) in [6.45, 7) is 3.87. The number of fused-ring (bicyclic) bond motifs is 1. The van der Waals surface area contributed by atoms with E-state index in [2.05, 4.69) is 20.4 Å². The summed E-state index contributed by atoms with van der Waals surface area (Å²) in [4.78, 5) is 23.3. The summed E-state index contributed by atoms with van der Waals surface area (Å²) in [5.41, 5.74) is 1.87. The average Bonchev–Trinajstić information content (AvgIpc) is 3.07. The van der Waals surface area contributed by atoms with Gasteiger partial charge in [-0.05, 0) is 30.7 Å². The Balaban J connectivity index is 1.69. The van der Waals surface area contributed by atoms with Crippen molar-refractivity contribution in [2.75, 3.05) is 19.6 Å². The molecule has 0 bridgehead atoms. The molecular weight excluding hydrogens is 340 g/mol. The number of aromatic nitrogens is 4. The molecule has 1 aromatic carbocycles. The van der Waals surface area contributed by atoms with Gasteiger partial charge in [0.2, 0.25) is 5.82 Å². The third-order valence-corrected chi connectivity index (χ3v) is 4.59. The molecule has 0 aliphatic carbocycles. The van der Waals surface area contributed by atoms with Gasteiger partial charge in [0.1, 0.15) is 0 Å². The summed E-state index contributed by atoms with van der Waals surface area (Å²) < 4.78 is 1.59. The van der Waals surface area contributed by atoms with E-state index >= 15 is 0 Å². The second-order valence-electron chi connectivity index (χ2n) is 6.01. The van der Waals surface area contributed by atoms with Gasteiger partial charge in [-0.3, -0.25) is 4.79 Å². The first-order valence-electron chi connectivity index (χ1n) is 8.09. The second kappa shape index (κ2) is 6.42. The van der Waals surface area contributed by atoms with Crippen LogP contribution in [0.1, 0.15) is 27.9 Å². The van der Waals surface area contributed by atoms with Gasteiger partial charge in [0.15, 0.2) is 0 Å². The first-order chi connectivity index (χ1) is 12.1. The molecule has 1 unspecified atom stereocenters. The number of aryl methyl sites for hydroxylation is 1. The van der Waals surface area contributed by atoms with E-state index in [4.69, 9.17) is 11.6 Å². The van der Waals surface area contributed by atoms with Crippen LogP contribution in [0, 0.1) is 6.92 Å². The largest absolute Gasteiger partial charge is 0.326 e. The number of nitrogens with one attached hydrogen (secondary N) is 1. The highest BCUT2D eigenvalue weighted by atomic mass is 35.5. The van der Waals surface area contributed by atoms with Gasteiger partial charge in [-0.15, -0.1) is 5.10 Å². The lowest BCUT2D eigenvalue weighted by Gasteiger charge is -2.35. The molecule has 1 fully saturated rings. The molecule has 1 saturated heterocycles. The third kappa shape index (κ3) is 2.96. The number of hydrogen-bond acceptors (Lipinski definition) is 5. The summed E-state index contributed by atoms with van der Waals surface area (Å²) in [6.07, 6.45) is 1.66. The highest BCUT2D eigenvalue weighted by Gasteiger charge is 2.31. The molecule has 7 nitrogen and oxygen atoms in total. The van der Waals surface area contributed by atoms with Crippen LogP contribution in [0.4, 0.5) is 0 Å². The molecular formula is C17H17ClN6O. The average molecular weight is 357 g/mol. The van der Waals surface area contributed by atoms with Crippen LogP contribution < -0.4 is 5.32 Å². The van der Waals surface area contributed by atoms with E-state index in [0.717, 1.165) is 17.8 Å². The molecule has 4 rings (SSSR count). The van der Waals surface area contributed by atoms with Crippen molar-refractivity contribution in [3.8, 4) is 0 Å². The van der Waals surface area contributed by atoms with E-state index in [1.807, 2.05) is 37.3 Å². The van der Waals surface area contributed by atoms with Crippen molar-refractivity contribution >= 4 is 23.3 Å². The van der Waals surface area contributed by atoms with Gasteiger partial charge in [-0.1, -0.05) is 23.7 Å². The van der Waals surface area contributed by atoms with Crippen LogP contribution in [0.25, 0.3) is 5.78 Å². The fraction of sp³-hybridized carbons (Fsp3) is 0.294. The van der Waals surface area contributed by atoms with Gasteiger partial charge in [0.25, 0.3) is 11.7 Å². The molecule has 25 heavy (non-hydrogen) atoms. The molecule has 3 aromatic rings. The first kappa shape index (κ1) is 16.0. The van der Waals surface area contributed by atoms with Gasteiger partial charge >= 0.3 is 0 Å². The minimum atomic E-state index is -0.198. The molecule has 2 aromatic heterocycles. The number of carbonyl (C=O) groups excluding carboxylic acids is 1. The topological polar surface area (TPSA) is 75.4 Å². The maximum absolute atomic E-state index is 13.0. The van der Waals surface area contributed by atoms with E-state index in [1.54, 1.807) is 15.6 Å². The number of rotatable bonds is 2. The Morgan fingerprint density at radius 3 is 3.04 bits per heavy atom. The number of halogens is 1. The van der Waals surface area contributed by atoms with Gasteiger partial charge in [0, 0.05) is 36.5 Å². The second-order valence-corrected chi connectivity index (χ2v) is 6.44. The lowest BCUT2D eigenvalue weighted by molar-refractivity contribution is 0.0622. The zero-order valence-electron chi connectivity index (χ0n) is 13.7. The van der Waals surface area contributed by atoms with Gasteiger partial charge in [-0.2, -0.15) is 4.98 Å². The minimum absolute atomic E-state index is 0.111. The first-order valence-corrected chi connectivity index (χ1v) is 8.47. The molecule has 3 heterocycles. The summed E-state index contributed by atoms with van der Waals surface area (Å²) in [5.74, 6) is 0.393. The van der Waals surface area contributed by atoms with Crippen LogP contribution in [-0.4, -0.2) is 50.0 Å². The Kier molecular flexibility index (Phi) is 4.10. The highest BCUT2D eigenvalue weighted by molar-refractivity contribution is 6.30. The normalized spacial score (nSPS) is 17.8. The number of benzene rings is 1. The molecule has 0 saturated carbocycles. The Morgan fingerprint density at radius 1 is 1.36 bits per heavy atom. The molecule has 8 heteroatoms. The van der Waals surface area contributed by atoms with Crippen molar-refractivity contribution in [1.82, 2.24) is 29.8 Å². The van der Waals surface area contributed by atoms with Crippen LogP contribution in [-0.2, 0) is 0 Å². The zero-order valence-corrected chi connectivity index (χ0v) is 14.4. The van der Waals surface area contributed by atoms with E-state index in [0.29, 0.717) is 23.9 Å². The fourth-order valence-electron chi connectivity index (χ4n) is 3.08. The van der Waals surface area contributed by atoms with Crippen LogP contribution in [0.5, 0.6) is 0 Å². The number of nitrogens with zero attached hydrogens (tertiary/aromatic N) is 5. The molecule has 1 N–H and O–H groups in total. The summed E-state index contributed by atoms with van der Waals surface area (Å²) in [7, 11) is 0.